The Bertz CT molecular complexity index is 431. The average Bonchev–Trinajstić information content (AvgIpc) is 2.58. The number of benzene rings is 1. The van der Waals surface area contributed by atoms with Gasteiger partial charge in [0, 0.05) is 29.4 Å². The molecule has 3 heteroatoms. The predicted molar refractivity (Wildman–Crippen MR) is 77.4 cm³/mol. The molecule has 0 amide bonds. The van der Waals surface area contributed by atoms with Gasteiger partial charge < -0.3 is 10.0 Å². The second-order valence-electron chi connectivity index (χ2n) is 5.89. The second kappa shape index (κ2) is 5.10. The first kappa shape index (κ1) is 13.7. The minimum atomic E-state index is 0.134. The van der Waals surface area contributed by atoms with Crippen LogP contribution in [0, 0.1) is 12.8 Å². The number of hydrogen-bond donors (Lipinski definition) is 1. The van der Waals surface area contributed by atoms with E-state index in [1.54, 1.807) is 0 Å². The molecule has 0 aromatic heterocycles. The van der Waals surface area contributed by atoms with Crippen LogP contribution in [-0.4, -0.2) is 23.8 Å². The first-order valence-electron chi connectivity index (χ1n) is 6.59. The van der Waals surface area contributed by atoms with Gasteiger partial charge in [-0.1, -0.05) is 17.7 Å². The monoisotopic (exact) mass is 267 g/mol. The van der Waals surface area contributed by atoms with E-state index in [1.807, 2.05) is 12.1 Å². The van der Waals surface area contributed by atoms with E-state index < -0.39 is 0 Å². The molecule has 2 rings (SSSR count). The van der Waals surface area contributed by atoms with Crippen LogP contribution < -0.4 is 4.90 Å². The molecule has 2 nitrogen and oxygen atoms in total. The maximum absolute atomic E-state index is 9.11. The molecule has 1 unspecified atom stereocenters. The van der Waals surface area contributed by atoms with Gasteiger partial charge in [0.15, 0.2) is 0 Å². The van der Waals surface area contributed by atoms with E-state index in [9.17, 15) is 0 Å². The Morgan fingerprint density at radius 1 is 1.44 bits per heavy atom. The van der Waals surface area contributed by atoms with Crippen LogP contribution in [0.15, 0.2) is 18.2 Å². The van der Waals surface area contributed by atoms with Gasteiger partial charge in [-0.25, -0.2) is 0 Å². The normalized spacial score (nSPS) is 22.5. The third-order valence-electron chi connectivity index (χ3n) is 4.03. The summed E-state index contributed by atoms with van der Waals surface area (Å²) in [6, 6.07) is 6.10. The fraction of sp³-hybridized carbons (Fsp3) is 0.600. The van der Waals surface area contributed by atoms with Crippen LogP contribution in [0.25, 0.3) is 0 Å². The van der Waals surface area contributed by atoms with Crippen molar-refractivity contribution in [3.8, 4) is 0 Å². The molecule has 0 spiro atoms. The topological polar surface area (TPSA) is 23.5 Å². The average molecular weight is 268 g/mol. The SMILES string of the molecule is Cc1c(Cl)cccc1N1CC(CCO)CC1(C)C. The smallest absolute Gasteiger partial charge is 0.0455 e. The van der Waals surface area contributed by atoms with E-state index in [4.69, 9.17) is 16.7 Å². The molecule has 0 saturated carbocycles. The number of rotatable bonds is 3. The molecule has 1 aliphatic rings. The van der Waals surface area contributed by atoms with Gasteiger partial charge in [0.25, 0.3) is 0 Å². The minimum absolute atomic E-state index is 0.134. The number of aliphatic hydroxyl groups excluding tert-OH is 1. The summed E-state index contributed by atoms with van der Waals surface area (Å²) < 4.78 is 0. The Hall–Kier alpha value is -0.730. The largest absolute Gasteiger partial charge is 0.396 e. The summed E-state index contributed by atoms with van der Waals surface area (Å²) in [5, 5.41) is 9.94. The van der Waals surface area contributed by atoms with Gasteiger partial charge in [-0.2, -0.15) is 0 Å². The number of hydrogen-bond acceptors (Lipinski definition) is 2. The van der Waals surface area contributed by atoms with Gasteiger partial charge in [-0.05, 0) is 57.2 Å². The van der Waals surface area contributed by atoms with Crippen molar-refractivity contribution in [1.82, 2.24) is 0 Å². The van der Waals surface area contributed by atoms with Gasteiger partial charge in [0.1, 0.15) is 0 Å². The molecule has 100 valence electrons. The second-order valence-corrected chi connectivity index (χ2v) is 6.30. The lowest BCUT2D eigenvalue weighted by Crippen LogP contribution is -2.38. The summed E-state index contributed by atoms with van der Waals surface area (Å²) >= 11 is 6.22. The lowest BCUT2D eigenvalue weighted by atomic mass is 9.94. The zero-order valence-electron chi connectivity index (χ0n) is 11.4. The van der Waals surface area contributed by atoms with Crippen LogP contribution in [0.5, 0.6) is 0 Å². The van der Waals surface area contributed by atoms with Crippen LogP contribution in [-0.2, 0) is 0 Å². The van der Waals surface area contributed by atoms with Crippen molar-refractivity contribution in [1.29, 1.82) is 0 Å². The lowest BCUT2D eigenvalue weighted by Gasteiger charge is -2.35. The maximum atomic E-state index is 9.11. The molecule has 1 N–H and O–H groups in total. The number of anilines is 1. The third kappa shape index (κ3) is 2.50. The van der Waals surface area contributed by atoms with Crippen molar-refractivity contribution in [2.45, 2.75) is 39.2 Å². The summed E-state index contributed by atoms with van der Waals surface area (Å²) in [6.45, 7) is 7.90. The van der Waals surface area contributed by atoms with Gasteiger partial charge >= 0.3 is 0 Å². The highest BCUT2D eigenvalue weighted by molar-refractivity contribution is 6.31. The van der Waals surface area contributed by atoms with Crippen molar-refractivity contribution < 1.29 is 5.11 Å². The number of nitrogens with zero attached hydrogens (tertiary/aromatic N) is 1. The predicted octanol–water partition coefficient (Wildman–Crippen LogP) is 3.64. The Morgan fingerprint density at radius 3 is 2.83 bits per heavy atom. The third-order valence-corrected chi connectivity index (χ3v) is 4.44. The van der Waals surface area contributed by atoms with E-state index in [2.05, 4.69) is 31.7 Å². The van der Waals surface area contributed by atoms with Crippen LogP contribution in [0.1, 0.15) is 32.3 Å². The molecule has 18 heavy (non-hydrogen) atoms. The van der Waals surface area contributed by atoms with Crippen molar-refractivity contribution in [2.75, 3.05) is 18.1 Å². The molecule has 1 fully saturated rings. The molecule has 0 radical (unpaired) electrons. The molecular weight excluding hydrogens is 246 g/mol. The summed E-state index contributed by atoms with van der Waals surface area (Å²) in [7, 11) is 0. The molecule has 0 aliphatic carbocycles. The van der Waals surface area contributed by atoms with Gasteiger partial charge in [-0.3, -0.25) is 0 Å². The number of aliphatic hydroxyl groups is 1. The zero-order chi connectivity index (χ0) is 13.3. The van der Waals surface area contributed by atoms with Gasteiger partial charge in [0.2, 0.25) is 0 Å². The van der Waals surface area contributed by atoms with Crippen molar-refractivity contribution in [3.63, 3.8) is 0 Å². The highest BCUT2D eigenvalue weighted by Gasteiger charge is 2.38. The highest BCUT2D eigenvalue weighted by Crippen LogP contribution is 2.40. The zero-order valence-corrected chi connectivity index (χ0v) is 12.2. The summed E-state index contributed by atoms with van der Waals surface area (Å²) in [4.78, 5) is 2.44. The summed E-state index contributed by atoms with van der Waals surface area (Å²) in [6.07, 6.45) is 2.01. The summed E-state index contributed by atoms with van der Waals surface area (Å²) in [5.41, 5.74) is 2.51. The molecule has 1 aliphatic heterocycles. The molecule has 1 saturated heterocycles. The fourth-order valence-electron chi connectivity index (χ4n) is 3.08. The van der Waals surface area contributed by atoms with Crippen LogP contribution >= 0.6 is 11.6 Å². The van der Waals surface area contributed by atoms with Crippen LogP contribution in [0.4, 0.5) is 5.69 Å². The van der Waals surface area contributed by atoms with E-state index in [-0.39, 0.29) is 12.1 Å². The van der Waals surface area contributed by atoms with Crippen molar-refractivity contribution >= 4 is 17.3 Å². The van der Waals surface area contributed by atoms with E-state index >= 15 is 0 Å². The quantitative estimate of drug-likeness (QED) is 0.904. The van der Waals surface area contributed by atoms with Crippen molar-refractivity contribution in [2.24, 2.45) is 5.92 Å². The molecule has 1 heterocycles. The standard InChI is InChI=1S/C15H22ClNO/c1-11-13(16)5-4-6-14(11)17-10-12(7-8-18)9-15(17,2)3/h4-6,12,18H,7-10H2,1-3H3. The number of halogens is 1. The molecular formula is C15H22ClNO. The Labute approximate surface area is 115 Å². The molecule has 1 aromatic carbocycles. The van der Waals surface area contributed by atoms with Crippen LogP contribution in [0.3, 0.4) is 0 Å². The molecule has 1 aromatic rings. The van der Waals surface area contributed by atoms with E-state index in [1.165, 1.54) is 5.69 Å². The van der Waals surface area contributed by atoms with Crippen molar-refractivity contribution in [3.05, 3.63) is 28.8 Å². The highest BCUT2D eigenvalue weighted by atomic mass is 35.5. The van der Waals surface area contributed by atoms with Crippen LogP contribution in [0.2, 0.25) is 5.02 Å². The molecule has 1 atom stereocenters. The first-order chi connectivity index (χ1) is 8.45. The lowest BCUT2D eigenvalue weighted by molar-refractivity contribution is 0.259. The Kier molecular flexibility index (Phi) is 3.88. The fourth-order valence-corrected chi connectivity index (χ4v) is 3.24. The van der Waals surface area contributed by atoms with E-state index in [0.717, 1.165) is 30.0 Å². The van der Waals surface area contributed by atoms with E-state index in [0.29, 0.717) is 5.92 Å². The van der Waals surface area contributed by atoms with Gasteiger partial charge in [-0.15, -0.1) is 0 Å². The summed E-state index contributed by atoms with van der Waals surface area (Å²) in [5.74, 6) is 0.573. The Morgan fingerprint density at radius 2 is 2.17 bits per heavy atom. The van der Waals surface area contributed by atoms with Gasteiger partial charge in [0.05, 0.1) is 0 Å². The molecule has 0 bridgehead atoms. The minimum Gasteiger partial charge on any atom is -0.396 e. The maximum Gasteiger partial charge on any atom is 0.0455 e. The first-order valence-corrected chi connectivity index (χ1v) is 6.97. The Balaban J connectivity index is 2.30.